The first-order valence-corrected chi connectivity index (χ1v) is 6.62. The van der Waals surface area contributed by atoms with Gasteiger partial charge in [0.1, 0.15) is 0 Å². The highest BCUT2D eigenvalue weighted by Crippen LogP contribution is 2.27. The lowest BCUT2D eigenvalue weighted by Gasteiger charge is -2.35. The molecule has 2 heterocycles. The molecule has 1 unspecified atom stereocenters. The maximum Gasteiger partial charge on any atom is 0.270 e. The largest absolute Gasteiger partial charge is 0.317 e. The minimum Gasteiger partial charge on any atom is -0.317 e. The number of hydrogen-bond donors (Lipinski definition) is 1. The van der Waals surface area contributed by atoms with Crippen LogP contribution in [0.4, 0.5) is 0 Å². The van der Waals surface area contributed by atoms with E-state index in [-0.39, 0.29) is 0 Å². The predicted octanol–water partition coefficient (Wildman–Crippen LogP) is 0.216. The van der Waals surface area contributed by atoms with Crippen molar-refractivity contribution in [2.24, 2.45) is 16.0 Å². The first kappa shape index (κ1) is 12.2. The van der Waals surface area contributed by atoms with E-state index in [1.807, 2.05) is 5.43 Å². The van der Waals surface area contributed by atoms with Gasteiger partial charge >= 0.3 is 0 Å². The first-order chi connectivity index (χ1) is 7.48. The molecule has 0 aromatic rings. The maximum atomic E-state index is 4.66. The lowest BCUT2D eigenvalue weighted by atomic mass is 9.53. The molecule has 0 bridgehead atoms. The van der Waals surface area contributed by atoms with E-state index in [0.29, 0.717) is 12.6 Å². The molecule has 6 heteroatoms. The summed E-state index contributed by atoms with van der Waals surface area (Å²) in [6, 6.07) is 0. The van der Waals surface area contributed by atoms with Crippen LogP contribution in [-0.4, -0.2) is 42.7 Å². The van der Waals surface area contributed by atoms with Crippen LogP contribution in [0, 0.1) is 5.92 Å². The fourth-order valence-corrected chi connectivity index (χ4v) is 2.51. The van der Waals surface area contributed by atoms with Crippen LogP contribution in [0.1, 0.15) is 12.8 Å². The van der Waals surface area contributed by atoms with E-state index in [2.05, 4.69) is 40.2 Å². The number of amidine groups is 2. The van der Waals surface area contributed by atoms with E-state index in [1.54, 1.807) is 0 Å². The SMILES string of the molecule is CB(C)C1=NC(C2CC[N+](C)(P)CC2)=N[NH2+]1. The van der Waals surface area contributed by atoms with Gasteiger partial charge in [-0.1, -0.05) is 18.7 Å². The molecule has 1 saturated heterocycles. The summed E-state index contributed by atoms with van der Waals surface area (Å²) >= 11 is 0. The van der Waals surface area contributed by atoms with Crippen LogP contribution >= 0.6 is 9.39 Å². The van der Waals surface area contributed by atoms with Gasteiger partial charge in [-0.25, -0.2) is 0 Å². The molecule has 16 heavy (non-hydrogen) atoms. The number of likely N-dealkylation sites (tertiary alicyclic amines) is 1. The van der Waals surface area contributed by atoms with E-state index in [1.165, 1.54) is 25.9 Å². The summed E-state index contributed by atoms with van der Waals surface area (Å²) in [7, 11) is 5.20. The molecule has 2 aliphatic heterocycles. The van der Waals surface area contributed by atoms with Gasteiger partial charge in [0.05, 0.1) is 29.5 Å². The summed E-state index contributed by atoms with van der Waals surface area (Å²) in [4.78, 5) is 4.66. The summed E-state index contributed by atoms with van der Waals surface area (Å²) in [5, 5.41) is 4.48. The molecule has 2 rings (SSSR count). The van der Waals surface area contributed by atoms with Crippen molar-refractivity contribution >= 4 is 27.7 Å². The summed E-state index contributed by atoms with van der Waals surface area (Å²) in [5.74, 6) is 1.66. The van der Waals surface area contributed by atoms with Crippen molar-refractivity contribution in [1.29, 1.82) is 0 Å². The lowest BCUT2D eigenvalue weighted by molar-refractivity contribution is -0.785. The molecule has 0 spiro atoms. The van der Waals surface area contributed by atoms with Crippen molar-refractivity contribution in [2.75, 3.05) is 20.1 Å². The normalized spacial score (nSPS) is 34.6. The lowest BCUT2D eigenvalue weighted by Crippen LogP contribution is -2.83. The molecule has 2 aliphatic rings. The second-order valence-electron chi connectivity index (χ2n) is 5.51. The van der Waals surface area contributed by atoms with Crippen molar-refractivity contribution < 1.29 is 9.68 Å². The summed E-state index contributed by atoms with van der Waals surface area (Å²) in [6.07, 6.45) is 2.42. The van der Waals surface area contributed by atoms with E-state index in [0.717, 1.165) is 15.8 Å². The van der Waals surface area contributed by atoms with Crippen molar-refractivity contribution in [3.63, 3.8) is 0 Å². The molecular formula is C10H22BN4P+2. The Labute approximate surface area is 101 Å². The van der Waals surface area contributed by atoms with E-state index >= 15 is 0 Å². The van der Waals surface area contributed by atoms with Gasteiger partial charge in [0, 0.05) is 18.8 Å². The first-order valence-electron chi connectivity index (χ1n) is 6.10. The van der Waals surface area contributed by atoms with Crippen LogP contribution < -0.4 is 5.43 Å². The van der Waals surface area contributed by atoms with Crippen LogP contribution in [0.25, 0.3) is 0 Å². The highest BCUT2D eigenvalue weighted by atomic mass is 31.0. The van der Waals surface area contributed by atoms with Crippen LogP contribution in [-0.2, 0) is 0 Å². The average molecular weight is 240 g/mol. The third-order valence-electron chi connectivity index (χ3n) is 3.51. The number of rotatable bonds is 2. The van der Waals surface area contributed by atoms with Gasteiger partial charge in [0.15, 0.2) is 11.6 Å². The second kappa shape index (κ2) is 4.56. The highest BCUT2D eigenvalue weighted by molar-refractivity contribution is 7.08. The fraction of sp³-hybridized carbons (Fsp3) is 0.800. The molecule has 4 nitrogen and oxygen atoms in total. The third-order valence-corrected chi connectivity index (χ3v) is 4.02. The quantitative estimate of drug-likeness (QED) is 0.407. The Bertz CT molecular complexity index is 328. The molecule has 1 atom stereocenters. The molecule has 0 saturated carbocycles. The Morgan fingerprint density at radius 2 is 2.00 bits per heavy atom. The summed E-state index contributed by atoms with van der Waals surface area (Å²) < 4.78 is 1.06. The number of nitrogens with zero attached hydrogens (tertiary/aromatic N) is 3. The van der Waals surface area contributed by atoms with Crippen LogP contribution in [0.15, 0.2) is 10.1 Å². The van der Waals surface area contributed by atoms with Crippen LogP contribution in [0.2, 0.25) is 13.6 Å². The minimum atomic E-state index is 0.493. The van der Waals surface area contributed by atoms with E-state index in [4.69, 9.17) is 0 Å². The fourth-order valence-electron chi connectivity index (χ4n) is 2.21. The number of quaternary nitrogens is 2. The van der Waals surface area contributed by atoms with E-state index in [9.17, 15) is 0 Å². The van der Waals surface area contributed by atoms with Crippen LogP contribution in [0.5, 0.6) is 0 Å². The van der Waals surface area contributed by atoms with Crippen molar-refractivity contribution in [1.82, 2.24) is 0 Å². The van der Waals surface area contributed by atoms with Gasteiger partial charge in [-0.05, 0) is 0 Å². The molecular weight excluding hydrogens is 218 g/mol. The van der Waals surface area contributed by atoms with Crippen molar-refractivity contribution in [3.05, 3.63) is 0 Å². The molecule has 0 amide bonds. The maximum absolute atomic E-state index is 4.66. The smallest absolute Gasteiger partial charge is 0.270 e. The monoisotopic (exact) mass is 240 g/mol. The second-order valence-corrected chi connectivity index (χ2v) is 6.76. The van der Waals surface area contributed by atoms with Gasteiger partial charge in [0.2, 0.25) is 0 Å². The molecule has 88 valence electrons. The van der Waals surface area contributed by atoms with Gasteiger partial charge in [0.25, 0.3) is 6.71 Å². The molecule has 0 aromatic heterocycles. The van der Waals surface area contributed by atoms with Gasteiger partial charge in [-0.15, -0.1) is 0 Å². The zero-order chi connectivity index (χ0) is 11.8. The Kier molecular flexibility index (Phi) is 3.48. The molecule has 2 N–H and O–H groups in total. The third kappa shape index (κ3) is 2.71. The Hall–Kier alpha value is -0.245. The minimum absolute atomic E-state index is 0.493. The topological polar surface area (TPSA) is 41.3 Å². The van der Waals surface area contributed by atoms with Gasteiger partial charge in [-0.2, -0.15) is 10.4 Å². The number of hydrogen-bond acceptors (Lipinski definition) is 2. The van der Waals surface area contributed by atoms with Crippen molar-refractivity contribution in [2.45, 2.75) is 26.5 Å². The Morgan fingerprint density at radius 3 is 2.50 bits per heavy atom. The summed E-state index contributed by atoms with van der Waals surface area (Å²) in [5.41, 5.74) is 3.09. The zero-order valence-corrected chi connectivity index (χ0v) is 11.6. The molecule has 1 fully saturated rings. The number of aliphatic imine (C=N–C) groups is 1. The number of nitrogens with two attached hydrogens (primary N) is 1. The molecule has 0 aliphatic carbocycles. The highest BCUT2D eigenvalue weighted by Gasteiger charge is 2.33. The standard InChI is InChI=1S/C10H21BN4P/c1-11(2)10-12-9(13-14-10)8-4-6-15(3,16)7-5-8/h8H,4-7,16H2,1-3H3,(H,12,13,14)/q+1/p+1. The Balaban J connectivity index is 1.96. The van der Waals surface area contributed by atoms with Crippen LogP contribution in [0.3, 0.4) is 0 Å². The molecule has 0 aromatic carbocycles. The van der Waals surface area contributed by atoms with Gasteiger partial charge in [-0.3, -0.25) is 0 Å². The number of piperidine rings is 1. The predicted molar refractivity (Wildman–Crippen MR) is 72.6 cm³/mol. The molecule has 0 radical (unpaired) electrons. The van der Waals surface area contributed by atoms with Crippen molar-refractivity contribution in [3.8, 4) is 0 Å². The summed E-state index contributed by atoms with van der Waals surface area (Å²) in [6.45, 7) is 7.26. The van der Waals surface area contributed by atoms with Gasteiger partial charge < -0.3 is 4.25 Å². The average Bonchev–Trinajstić information content (AvgIpc) is 2.66. The zero-order valence-electron chi connectivity index (χ0n) is 10.5. The Morgan fingerprint density at radius 1 is 1.38 bits per heavy atom. The van der Waals surface area contributed by atoms with E-state index < -0.39 is 0 Å².